The molecule has 6 rings (SSSR count). The lowest BCUT2D eigenvalue weighted by atomic mass is 9.78. The summed E-state index contributed by atoms with van der Waals surface area (Å²) in [5.74, 6) is 1.89. The van der Waals surface area contributed by atoms with Gasteiger partial charge in [0.25, 0.3) is 0 Å². The molecule has 9 heteroatoms. The van der Waals surface area contributed by atoms with Crippen molar-refractivity contribution in [3.63, 3.8) is 0 Å². The number of ether oxygens (including phenoxy) is 1. The Morgan fingerprint density at radius 2 is 1.81 bits per heavy atom. The van der Waals surface area contributed by atoms with Crippen LogP contribution in [0.5, 0.6) is 5.75 Å². The van der Waals surface area contributed by atoms with Gasteiger partial charge in [-0.3, -0.25) is 4.99 Å². The number of fused-ring (bicyclic) bond motifs is 2. The maximum atomic E-state index is 6.76. The third kappa shape index (κ3) is 3.85. The minimum absolute atomic E-state index is 0.361. The molecule has 2 N–H and O–H groups in total. The van der Waals surface area contributed by atoms with Gasteiger partial charge in [0.15, 0.2) is 0 Å². The second-order valence-corrected chi connectivity index (χ2v) is 9.56. The van der Waals surface area contributed by atoms with E-state index in [2.05, 4.69) is 44.1 Å². The van der Waals surface area contributed by atoms with E-state index in [1.807, 2.05) is 30.5 Å². The molecule has 0 amide bonds. The fourth-order valence-electron chi connectivity index (χ4n) is 5.43. The predicted molar refractivity (Wildman–Crippen MR) is 139 cm³/mol. The molecule has 3 aliphatic rings. The van der Waals surface area contributed by atoms with Crippen LogP contribution in [0.15, 0.2) is 70.9 Å². The zero-order valence-electron chi connectivity index (χ0n) is 20.5. The molecule has 2 spiro atoms. The lowest BCUT2D eigenvalue weighted by molar-refractivity contribution is -0.206. The van der Waals surface area contributed by atoms with Crippen LogP contribution in [0, 0.1) is 0 Å². The number of hydroxylamine groups is 2. The summed E-state index contributed by atoms with van der Waals surface area (Å²) in [6, 6.07) is 16.4. The minimum atomic E-state index is -0.934. The second kappa shape index (κ2) is 8.60. The number of aromatic nitrogens is 2. The molecule has 4 heterocycles. The van der Waals surface area contributed by atoms with Crippen LogP contribution in [0.2, 0.25) is 0 Å². The van der Waals surface area contributed by atoms with Gasteiger partial charge in [-0.05, 0) is 41.0 Å². The lowest BCUT2D eigenvalue weighted by Crippen LogP contribution is -2.54. The zero-order valence-corrected chi connectivity index (χ0v) is 20.5. The molecular weight excluding hydrogens is 454 g/mol. The van der Waals surface area contributed by atoms with Gasteiger partial charge in [0.1, 0.15) is 11.4 Å². The summed E-state index contributed by atoms with van der Waals surface area (Å²) in [7, 11) is 3.57. The fourth-order valence-corrected chi connectivity index (χ4v) is 5.43. The number of guanidine groups is 1. The molecule has 9 nitrogen and oxygen atoms in total. The quantitative estimate of drug-likeness (QED) is 0.570. The molecule has 2 aromatic carbocycles. The van der Waals surface area contributed by atoms with Gasteiger partial charge < -0.3 is 15.4 Å². The molecule has 0 aliphatic carbocycles. The number of nitrogens with zero attached hydrogens (tertiary/aromatic N) is 6. The highest BCUT2D eigenvalue weighted by molar-refractivity contribution is 5.83. The Bertz CT molecular complexity index is 1330. The highest BCUT2D eigenvalue weighted by Crippen LogP contribution is 2.52. The van der Waals surface area contributed by atoms with Gasteiger partial charge in [0.2, 0.25) is 17.6 Å². The molecule has 1 aromatic heterocycles. The number of aliphatic imine (C=N–C) groups is 2. The van der Waals surface area contributed by atoms with E-state index in [9.17, 15) is 0 Å². The Morgan fingerprint density at radius 3 is 2.53 bits per heavy atom. The third-order valence-electron chi connectivity index (χ3n) is 7.20. The Hall–Kier alpha value is -3.98. The standard InChI is InChI=1S/C27H29N7O2/c1-29-17-19-5-3-6-20(15-19)21-7-8-23-22(16-21)27(32-24(28)33(2)36-27)18-26(35-23)9-13-34(14-10-26)25-30-11-4-12-31-25/h3-8,11-12,15-17H,9-10,13-14,18H2,1-2H3,(H2,28,32). The van der Waals surface area contributed by atoms with Crippen molar-refractivity contribution in [1.82, 2.24) is 15.0 Å². The van der Waals surface area contributed by atoms with Gasteiger partial charge in [-0.1, -0.05) is 24.3 Å². The summed E-state index contributed by atoms with van der Waals surface area (Å²) in [6.45, 7) is 1.57. The number of piperidine rings is 1. The summed E-state index contributed by atoms with van der Waals surface area (Å²) in [6.07, 6.45) is 7.58. The largest absolute Gasteiger partial charge is 0.486 e. The molecule has 0 saturated carbocycles. The van der Waals surface area contributed by atoms with E-state index in [4.69, 9.17) is 20.3 Å². The molecule has 0 bridgehead atoms. The number of hydrogen-bond donors (Lipinski definition) is 1. The number of anilines is 1. The molecule has 1 saturated heterocycles. The van der Waals surface area contributed by atoms with Crippen LogP contribution in [-0.4, -0.2) is 60.0 Å². The van der Waals surface area contributed by atoms with E-state index in [-0.39, 0.29) is 0 Å². The highest BCUT2D eigenvalue weighted by Gasteiger charge is 2.55. The van der Waals surface area contributed by atoms with Gasteiger partial charge in [-0.2, -0.15) is 0 Å². The van der Waals surface area contributed by atoms with Crippen LogP contribution in [-0.2, 0) is 10.6 Å². The van der Waals surface area contributed by atoms with E-state index in [0.717, 1.165) is 59.9 Å². The maximum Gasteiger partial charge on any atom is 0.225 e. The van der Waals surface area contributed by atoms with Crippen molar-refractivity contribution in [3.8, 4) is 16.9 Å². The number of hydrogen-bond acceptors (Lipinski definition) is 9. The average molecular weight is 484 g/mol. The van der Waals surface area contributed by atoms with Crippen LogP contribution in [0.25, 0.3) is 11.1 Å². The molecule has 1 unspecified atom stereocenters. The predicted octanol–water partition coefficient (Wildman–Crippen LogP) is 3.36. The van der Waals surface area contributed by atoms with Crippen molar-refractivity contribution in [1.29, 1.82) is 0 Å². The first-order chi connectivity index (χ1) is 17.5. The van der Waals surface area contributed by atoms with E-state index < -0.39 is 11.3 Å². The Morgan fingerprint density at radius 1 is 1.03 bits per heavy atom. The number of nitrogens with two attached hydrogens (primary N) is 1. The number of benzene rings is 2. The van der Waals surface area contributed by atoms with E-state index in [0.29, 0.717) is 12.4 Å². The van der Waals surface area contributed by atoms with Crippen LogP contribution >= 0.6 is 0 Å². The van der Waals surface area contributed by atoms with Crippen molar-refractivity contribution >= 4 is 18.1 Å². The van der Waals surface area contributed by atoms with Crippen LogP contribution in [0.1, 0.15) is 30.4 Å². The molecule has 36 heavy (non-hydrogen) atoms. The van der Waals surface area contributed by atoms with E-state index in [1.54, 1.807) is 31.6 Å². The first-order valence-electron chi connectivity index (χ1n) is 12.2. The van der Waals surface area contributed by atoms with Gasteiger partial charge in [-0.15, -0.1) is 0 Å². The van der Waals surface area contributed by atoms with Crippen molar-refractivity contribution in [2.45, 2.75) is 30.6 Å². The molecule has 3 aliphatic heterocycles. The topological polar surface area (TPSA) is 101 Å². The smallest absolute Gasteiger partial charge is 0.225 e. The molecule has 3 aromatic rings. The Labute approximate surface area is 210 Å². The normalized spacial score (nSPS) is 22.7. The first kappa shape index (κ1) is 22.5. The Balaban J connectivity index is 1.36. The lowest BCUT2D eigenvalue weighted by Gasteiger charge is -2.48. The van der Waals surface area contributed by atoms with Gasteiger partial charge >= 0.3 is 0 Å². The fraction of sp³-hybridized carbons (Fsp3) is 0.333. The summed E-state index contributed by atoms with van der Waals surface area (Å²) in [5, 5.41) is 1.56. The zero-order chi connectivity index (χ0) is 24.8. The summed E-state index contributed by atoms with van der Waals surface area (Å²) >= 11 is 0. The van der Waals surface area contributed by atoms with Crippen LogP contribution in [0.4, 0.5) is 5.95 Å². The van der Waals surface area contributed by atoms with Crippen molar-refractivity contribution in [2.75, 3.05) is 32.1 Å². The average Bonchev–Trinajstić information content (AvgIpc) is 3.18. The van der Waals surface area contributed by atoms with Crippen LogP contribution in [0.3, 0.4) is 0 Å². The molecular formula is C27H29N7O2. The van der Waals surface area contributed by atoms with Crippen molar-refractivity contribution in [2.24, 2.45) is 15.7 Å². The monoisotopic (exact) mass is 483 g/mol. The maximum absolute atomic E-state index is 6.76. The van der Waals surface area contributed by atoms with E-state index in [1.165, 1.54) is 0 Å². The van der Waals surface area contributed by atoms with Gasteiger partial charge in [-0.25, -0.2) is 24.9 Å². The Kier molecular flexibility index (Phi) is 5.37. The van der Waals surface area contributed by atoms with Crippen LogP contribution < -0.4 is 15.4 Å². The van der Waals surface area contributed by atoms with Gasteiger partial charge in [0, 0.05) is 65.1 Å². The molecule has 1 fully saturated rings. The van der Waals surface area contributed by atoms with Crippen molar-refractivity contribution < 1.29 is 9.57 Å². The van der Waals surface area contributed by atoms with Crippen molar-refractivity contribution in [3.05, 3.63) is 72.1 Å². The molecule has 0 radical (unpaired) electrons. The second-order valence-electron chi connectivity index (χ2n) is 9.56. The first-order valence-corrected chi connectivity index (χ1v) is 12.2. The molecule has 184 valence electrons. The van der Waals surface area contributed by atoms with E-state index >= 15 is 0 Å². The number of rotatable bonds is 3. The summed E-state index contributed by atoms with van der Waals surface area (Å²) < 4.78 is 6.76. The highest BCUT2D eigenvalue weighted by atomic mass is 16.7. The molecule has 1 atom stereocenters. The van der Waals surface area contributed by atoms with Gasteiger partial charge in [0.05, 0.1) is 5.56 Å². The SMILES string of the molecule is CN=Cc1cccc(-c2ccc3c(c2)C2(CC4(CCN(c5ncccn5)CC4)O3)N=C(N)N(C)O2)c1. The minimum Gasteiger partial charge on any atom is -0.486 e. The third-order valence-corrected chi connectivity index (χ3v) is 7.20. The summed E-state index contributed by atoms with van der Waals surface area (Å²) in [4.78, 5) is 26.4. The summed E-state index contributed by atoms with van der Waals surface area (Å²) in [5.41, 5.74) is 8.95.